The summed E-state index contributed by atoms with van der Waals surface area (Å²) in [6.45, 7) is -1.59. The molecule has 29 heavy (non-hydrogen) atoms. The van der Waals surface area contributed by atoms with Gasteiger partial charge in [-0.15, -0.1) is 0 Å². The summed E-state index contributed by atoms with van der Waals surface area (Å²) in [5.74, 6) is -0.626. The van der Waals surface area contributed by atoms with Crippen LogP contribution in [-0.4, -0.2) is 30.4 Å². The highest BCUT2D eigenvalue weighted by Gasteiger charge is 2.28. The van der Waals surface area contributed by atoms with E-state index in [9.17, 15) is 18.4 Å². The number of halogens is 2. The van der Waals surface area contributed by atoms with Gasteiger partial charge in [0.1, 0.15) is 0 Å². The van der Waals surface area contributed by atoms with Crippen LogP contribution in [0.5, 0.6) is 11.5 Å². The highest BCUT2D eigenvalue weighted by atomic mass is 19.3. The maximum atomic E-state index is 12.7. The van der Waals surface area contributed by atoms with Gasteiger partial charge in [-0.05, 0) is 29.3 Å². The Morgan fingerprint density at radius 1 is 1.17 bits per heavy atom. The summed E-state index contributed by atoms with van der Waals surface area (Å²) in [7, 11) is 1.33. The number of hydrogen-bond acceptors (Lipinski definition) is 4. The number of carbonyl (C=O) groups excluding carboxylic acids is 2. The number of alkyl halides is 2. The average Bonchev–Trinajstić information content (AvgIpc) is 2.67. The first-order valence-corrected chi connectivity index (χ1v) is 8.87. The monoisotopic (exact) mass is 402 g/mol. The highest BCUT2D eigenvalue weighted by molar-refractivity contribution is 5.92. The lowest BCUT2D eigenvalue weighted by molar-refractivity contribution is -0.129. The molecule has 0 saturated carbocycles. The Hall–Kier alpha value is -3.42. The van der Waals surface area contributed by atoms with Crippen LogP contribution in [0.15, 0.2) is 48.7 Å². The van der Waals surface area contributed by atoms with E-state index in [4.69, 9.17) is 4.74 Å². The Kier molecular flexibility index (Phi) is 6.11. The van der Waals surface area contributed by atoms with E-state index in [0.29, 0.717) is 0 Å². The van der Waals surface area contributed by atoms with Crippen molar-refractivity contribution in [3.05, 3.63) is 59.8 Å². The summed E-state index contributed by atoms with van der Waals surface area (Å²) in [6.07, 6.45) is 3.48. The Morgan fingerprint density at radius 3 is 2.62 bits per heavy atom. The zero-order valence-electron chi connectivity index (χ0n) is 15.9. The van der Waals surface area contributed by atoms with E-state index in [0.717, 1.165) is 11.1 Å². The van der Waals surface area contributed by atoms with Crippen LogP contribution in [-0.2, 0) is 9.59 Å². The number of methoxy groups -OCH3 is 1. The van der Waals surface area contributed by atoms with Gasteiger partial charge < -0.3 is 19.7 Å². The second kappa shape index (κ2) is 8.72. The molecule has 1 heterocycles. The maximum Gasteiger partial charge on any atom is 0.387 e. The number of nitrogens with one attached hydrogen (secondary N) is 1. The van der Waals surface area contributed by atoms with Crippen molar-refractivity contribution in [3.63, 3.8) is 0 Å². The van der Waals surface area contributed by atoms with Gasteiger partial charge in [0.15, 0.2) is 11.5 Å². The first-order valence-electron chi connectivity index (χ1n) is 8.87. The second-order valence-corrected chi connectivity index (χ2v) is 6.38. The minimum Gasteiger partial charge on any atom is -0.493 e. The molecule has 0 spiro atoms. The minimum absolute atomic E-state index is 0.00198. The van der Waals surface area contributed by atoms with E-state index >= 15 is 0 Å². The number of anilines is 1. The summed E-state index contributed by atoms with van der Waals surface area (Å²) < 4.78 is 34.6. The van der Waals surface area contributed by atoms with Crippen molar-refractivity contribution < 1.29 is 27.8 Å². The smallest absolute Gasteiger partial charge is 0.387 e. The van der Waals surface area contributed by atoms with E-state index in [2.05, 4.69) is 10.1 Å². The van der Waals surface area contributed by atoms with Gasteiger partial charge in [0, 0.05) is 24.9 Å². The Morgan fingerprint density at radius 2 is 1.93 bits per heavy atom. The molecule has 0 unspecified atom stereocenters. The molecule has 0 bridgehead atoms. The molecule has 2 aromatic carbocycles. The van der Waals surface area contributed by atoms with Crippen molar-refractivity contribution in [2.45, 2.75) is 26.0 Å². The summed E-state index contributed by atoms with van der Waals surface area (Å²) in [6, 6.07) is 11.2. The van der Waals surface area contributed by atoms with E-state index in [1.807, 2.05) is 30.3 Å². The molecule has 8 heteroatoms. The van der Waals surface area contributed by atoms with E-state index < -0.39 is 12.7 Å². The van der Waals surface area contributed by atoms with Crippen molar-refractivity contribution in [1.82, 2.24) is 4.90 Å². The number of nitrogens with zero attached hydrogens (tertiary/aromatic N) is 1. The number of benzene rings is 2. The minimum atomic E-state index is -3.02. The number of fused-ring (bicyclic) bond motifs is 1. The van der Waals surface area contributed by atoms with Crippen LogP contribution in [0, 0.1) is 0 Å². The van der Waals surface area contributed by atoms with Crippen LogP contribution in [0.4, 0.5) is 14.5 Å². The second-order valence-electron chi connectivity index (χ2n) is 6.38. The fraction of sp³-hybridized carbons (Fsp3) is 0.238. The van der Waals surface area contributed by atoms with Gasteiger partial charge in [0.25, 0.3) is 0 Å². The molecule has 2 aromatic rings. The third-order valence-electron chi connectivity index (χ3n) is 4.51. The van der Waals surface area contributed by atoms with Crippen molar-refractivity contribution in [1.29, 1.82) is 0 Å². The van der Waals surface area contributed by atoms with E-state index in [-0.39, 0.29) is 35.4 Å². The fourth-order valence-electron chi connectivity index (χ4n) is 3.24. The molecule has 1 N–H and O–H groups in total. The van der Waals surface area contributed by atoms with E-state index in [1.54, 1.807) is 6.20 Å². The van der Waals surface area contributed by atoms with Crippen LogP contribution < -0.4 is 14.8 Å². The molecule has 1 atom stereocenters. The van der Waals surface area contributed by atoms with Gasteiger partial charge in [-0.3, -0.25) is 9.59 Å². The lowest BCUT2D eigenvalue weighted by Gasteiger charge is -2.32. The number of ether oxygens (including phenoxy) is 2. The molecule has 1 aliphatic rings. The molecule has 3 rings (SSSR count). The quantitative estimate of drug-likeness (QED) is 0.786. The number of carbonyl (C=O) groups is 2. The Balaban J connectivity index is 1.79. The molecule has 0 aromatic heterocycles. The molecule has 0 fully saturated rings. The third kappa shape index (κ3) is 4.71. The Labute approximate surface area is 166 Å². The molecular formula is C21H20F2N2O4. The molecule has 2 amide bonds. The normalized spacial score (nSPS) is 15.1. The SMILES string of the molecule is COc1ccc(NC(=O)C[C@H]2c3ccccc3C=CN2C(C)=O)cc1OC(F)F. The maximum absolute atomic E-state index is 12.7. The van der Waals surface area contributed by atoms with Crippen molar-refractivity contribution in [2.24, 2.45) is 0 Å². The highest BCUT2D eigenvalue weighted by Crippen LogP contribution is 2.34. The van der Waals surface area contributed by atoms with Gasteiger partial charge in [0.2, 0.25) is 11.8 Å². The largest absolute Gasteiger partial charge is 0.493 e. The van der Waals surface area contributed by atoms with E-state index in [1.165, 1.54) is 37.1 Å². The van der Waals surface area contributed by atoms with Crippen LogP contribution in [0.1, 0.15) is 30.5 Å². The third-order valence-corrected chi connectivity index (χ3v) is 4.51. The first-order chi connectivity index (χ1) is 13.9. The molecule has 0 aliphatic carbocycles. The van der Waals surface area contributed by atoms with Gasteiger partial charge in [-0.1, -0.05) is 24.3 Å². The van der Waals surface area contributed by atoms with Crippen molar-refractivity contribution in [2.75, 3.05) is 12.4 Å². The zero-order chi connectivity index (χ0) is 21.0. The summed E-state index contributed by atoms with van der Waals surface area (Å²) in [4.78, 5) is 26.2. The molecule has 0 saturated heterocycles. The Bertz CT molecular complexity index is 946. The molecular weight excluding hydrogens is 382 g/mol. The van der Waals surface area contributed by atoms with Gasteiger partial charge in [-0.25, -0.2) is 0 Å². The standard InChI is InChI=1S/C21H20F2N2O4/c1-13(26)25-10-9-14-5-3-4-6-16(14)17(25)12-20(27)24-15-7-8-18(28-2)19(11-15)29-21(22)23/h3-11,17,21H,12H2,1-2H3,(H,24,27)/t17-/m0/s1. The first kappa shape index (κ1) is 20.3. The molecule has 0 radical (unpaired) electrons. The van der Waals surface area contributed by atoms with Gasteiger partial charge in [-0.2, -0.15) is 8.78 Å². The van der Waals surface area contributed by atoms with Crippen LogP contribution in [0.3, 0.4) is 0 Å². The van der Waals surface area contributed by atoms with Gasteiger partial charge >= 0.3 is 6.61 Å². The number of hydrogen-bond donors (Lipinski definition) is 1. The van der Waals surface area contributed by atoms with Crippen LogP contribution >= 0.6 is 0 Å². The number of amides is 2. The topological polar surface area (TPSA) is 67.9 Å². The summed E-state index contributed by atoms with van der Waals surface area (Å²) in [5.41, 5.74) is 2.07. The zero-order valence-corrected chi connectivity index (χ0v) is 15.9. The van der Waals surface area contributed by atoms with Crippen molar-refractivity contribution in [3.8, 4) is 11.5 Å². The fourth-order valence-corrected chi connectivity index (χ4v) is 3.24. The predicted molar refractivity (Wildman–Crippen MR) is 104 cm³/mol. The van der Waals surface area contributed by atoms with Crippen LogP contribution in [0.25, 0.3) is 6.08 Å². The lowest BCUT2D eigenvalue weighted by Crippen LogP contribution is -2.33. The molecule has 152 valence electrons. The summed E-state index contributed by atoms with van der Waals surface area (Å²) >= 11 is 0. The van der Waals surface area contributed by atoms with Crippen LogP contribution in [0.2, 0.25) is 0 Å². The number of rotatable bonds is 6. The summed E-state index contributed by atoms with van der Waals surface area (Å²) in [5, 5.41) is 2.66. The lowest BCUT2D eigenvalue weighted by atomic mass is 9.93. The predicted octanol–water partition coefficient (Wildman–Crippen LogP) is 4.20. The molecule has 1 aliphatic heterocycles. The molecule has 6 nitrogen and oxygen atoms in total. The van der Waals surface area contributed by atoms with Crippen molar-refractivity contribution >= 4 is 23.6 Å². The average molecular weight is 402 g/mol. The van der Waals surface area contributed by atoms with Gasteiger partial charge in [0.05, 0.1) is 19.6 Å².